The van der Waals surface area contributed by atoms with Gasteiger partial charge in [-0.2, -0.15) is 0 Å². The first-order valence-corrected chi connectivity index (χ1v) is 5.44. The van der Waals surface area contributed by atoms with Crippen molar-refractivity contribution in [1.29, 1.82) is 0 Å². The summed E-state index contributed by atoms with van der Waals surface area (Å²) in [6, 6.07) is 7.47. The Labute approximate surface area is 101 Å². The molecular formula is C11H17ClN2O2. The lowest BCUT2D eigenvalue weighted by atomic mass is 10.1. The summed E-state index contributed by atoms with van der Waals surface area (Å²) in [4.78, 5) is 0. The number of methoxy groups -OCH3 is 1. The third-order valence-corrected chi connectivity index (χ3v) is 2.40. The van der Waals surface area contributed by atoms with Crippen LogP contribution in [0.2, 0.25) is 5.02 Å². The molecule has 1 atom stereocenters. The van der Waals surface area contributed by atoms with E-state index in [1.54, 1.807) is 7.11 Å². The molecule has 0 spiro atoms. The van der Waals surface area contributed by atoms with Gasteiger partial charge in [0, 0.05) is 12.1 Å². The van der Waals surface area contributed by atoms with Gasteiger partial charge in [0.25, 0.3) is 0 Å². The highest BCUT2D eigenvalue weighted by atomic mass is 35.5. The molecule has 4 nitrogen and oxygen atoms in total. The van der Waals surface area contributed by atoms with E-state index in [2.05, 4.69) is 5.43 Å². The van der Waals surface area contributed by atoms with Crippen LogP contribution in [-0.4, -0.2) is 26.9 Å². The van der Waals surface area contributed by atoms with Crippen molar-refractivity contribution in [3.05, 3.63) is 34.9 Å². The Morgan fingerprint density at radius 1 is 1.44 bits per heavy atom. The Morgan fingerprint density at radius 3 is 2.88 bits per heavy atom. The summed E-state index contributed by atoms with van der Waals surface area (Å²) in [5, 5.41) is 0.689. The molecule has 0 fully saturated rings. The van der Waals surface area contributed by atoms with E-state index in [0.29, 0.717) is 24.8 Å². The molecule has 1 rings (SSSR count). The monoisotopic (exact) mass is 244 g/mol. The van der Waals surface area contributed by atoms with Crippen LogP contribution in [0, 0.1) is 0 Å². The molecule has 1 unspecified atom stereocenters. The largest absolute Gasteiger partial charge is 0.382 e. The summed E-state index contributed by atoms with van der Waals surface area (Å²) < 4.78 is 10.3. The van der Waals surface area contributed by atoms with Gasteiger partial charge in [-0.1, -0.05) is 23.7 Å². The summed E-state index contributed by atoms with van der Waals surface area (Å²) in [5.74, 6) is 5.47. The van der Waals surface area contributed by atoms with Gasteiger partial charge in [0.1, 0.15) is 0 Å². The SMILES string of the molecule is COCCOCC(NN)c1cccc(Cl)c1. The Morgan fingerprint density at radius 2 is 2.25 bits per heavy atom. The number of nitrogens with one attached hydrogen (secondary N) is 1. The summed E-state index contributed by atoms with van der Waals surface area (Å²) in [7, 11) is 1.64. The Hall–Kier alpha value is -0.650. The second kappa shape index (κ2) is 7.60. The molecule has 0 aliphatic carbocycles. The molecule has 3 N–H and O–H groups in total. The average molecular weight is 245 g/mol. The lowest BCUT2D eigenvalue weighted by Crippen LogP contribution is -2.31. The number of hydrogen-bond donors (Lipinski definition) is 2. The molecule has 1 aromatic rings. The lowest BCUT2D eigenvalue weighted by Gasteiger charge is -2.16. The second-order valence-electron chi connectivity index (χ2n) is 3.34. The molecule has 0 aromatic heterocycles. The minimum absolute atomic E-state index is 0.0597. The van der Waals surface area contributed by atoms with Crippen LogP contribution in [0.5, 0.6) is 0 Å². The topological polar surface area (TPSA) is 56.5 Å². The first kappa shape index (κ1) is 13.4. The highest BCUT2D eigenvalue weighted by Gasteiger charge is 2.09. The van der Waals surface area contributed by atoms with Gasteiger partial charge in [0.2, 0.25) is 0 Å². The molecule has 0 bridgehead atoms. The molecule has 0 heterocycles. The van der Waals surface area contributed by atoms with Crippen LogP contribution in [0.25, 0.3) is 0 Å². The van der Waals surface area contributed by atoms with Crippen molar-refractivity contribution >= 4 is 11.6 Å². The van der Waals surface area contributed by atoms with Crippen LogP contribution < -0.4 is 11.3 Å². The zero-order valence-electron chi connectivity index (χ0n) is 9.28. The van der Waals surface area contributed by atoms with E-state index in [1.807, 2.05) is 24.3 Å². The van der Waals surface area contributed by atoms with Crippen LogP contribution >= 0.6 is 11.6 Å². The standard InChI is InChI=1S/C11H17ClN2O2/c1-15-5-6-16-8-11(14-13)9-3-2-4-10(12)7-9/h2-4,7,11,14H,5-6,8,13H2,1H3. The highest BCUT2D eigenvalue weighted by molar-refractivity contribution is 6.30. The van der Waals surface area contributed by atoms with Gasteiger partial charge in [-0.15, -0.1) is 0 Å². The third-order valence-electron chi connectivity index (χ3n) is 2.17. The van der Waals surface area contributed by atoms with Gasteiger partial charge in [0.15, 0.2) is 0 Å². The molecule has 0 saturated heterocycles. The number of hydrazine groups is 1. The Balaban J connectivity index is 2.47. The maximum Gasteiger partial charge on any atom is 0.0701 e. The normalized spacial score (nSPS) is 12.7. The summed E-state index contributed by atoms with van der Waals surface area (Å²) in [5.41, 5.74) is 3.70. The molecule has 0 aliphatic heterocycles. The van der Waals surface area contributed by atoms with Crippen LogP contribution in [0.15, 0.2) is 24.3 Å². The molecule has 0 aliphatic rings. The summed E-state index contributed by atoms with van der Waals surface area (Å²) >= 11 is 5.90. The molecule has 90 valence electrons. The number of halogens is 1. The first-order chi connectivity index (χ1) is 7.77. The molecule has 1 aromatic carbocycles. The van der Waals surface area contributed by atoms with E-state index in [0.717, 1.165) is 5.56 Å². The second-order valence-corrected chi connectivity index (χ2v) is 3.78. The van der Waals surface area contributed by atoms with E-state index in [9.17, 15) is 0 Å². The van der Waals surface area contributed by atoms with Crippen LogP contribution in [-0.2, 0) is 9.47 Å². The predicted molar refractivity (Wildman–Crippen MR) is 64.2 cm³/mol. The smallest absolute Gasteiger partial charge is 0.0701 e. The van der Waals surface area contributed by atoms with Crippen molar-refractivity contribution in [3.8, 4) is 0 Å². The third kappa shape index (κ3) is 4.47. The van der Waals surface area contributed by atoms with Crippen molar-refractivity contribution in [2.24, 2.45) is 5.84 Å². The molecular weight excluding hydrogens is 228 g/mol. The number of rotatable bonds is 7. The first-order valence-electron chi connectivity index (χ1n) is 5.06. The average Bonchev–Trinajstić information content (AvgIpc) is 2.29. The number of hydrogen-bond acceptors (Lipinski definition) is 4. The van der Waals surface area contributed by atoms with E-state index >= 15 is 0 Å². The van der Waals surface area contributed by atoms with Crippen LogP contribution in [0.1, 0.15) is 11.6 Å². The molecule has 0 amide bonds. The number of ether oxygens (including phenoxy) is 2. The Bertz CT molecular complexity index is 310. The fourth-order valence-corrected chi connectivity index (χ4v) is 1.51. The van der Waals surface area contributed by atoms with Crippen LogP contribution in [0.4, 0.5) is 0 Å². The van der Waals surface area contributed by atoms with Gasteiger partial charge < -0.3 is 9.47 Å². The summed E-state index contributed by atoms with van der Waals surface area (Å²) in [6.07, 6.45) is 0. The number of benzene rings is 1. The van der Waals surface area contributed by atoms with Gasteiger partial charge in [-0.3, -0.25) is 11.3 Å². The van der Waals surface area contributed by atoms with Crippen molar-refractivity contribution in [2.75, 3.05) is 26.9 Å². The van der Waals surface area contributed by atoms with Gasteiger partial charge in [-0.05, 0) is 17.7 Å². The maximum absolute atomic E-state index is 5.90. The Kier molecular flexibility index (Phi) is 6.37. The van der Waals surface area contributed by atoms with Gasteiger partial charge in [0.05, 0.1) is 25.9 Å². The fraction of sp³-hybridized carbons (Fsp3) is 0.455. The predicted octanol–water partition coefficient (Wildman–Crippen LogP) is 1.51. The summed E-state index contributed by atoms with van der Waals surface area (Å²) in [6.45, 7) is 1.61. The van der Waals surface area contributed by atoms with Gasteiger partial charge >= 0.3 is 0 Å². The minimum Gasteiger partial charge on any atom is -0.382 e. The molecule has 16 heavy (non-hydrogen) atoms. The van der Waals surface area contributed by atoms with Crippen molar-refractivity contribution in [1.82, 2.24) is 5.43 Å². The molecule has 0 saturated carbocycles. The van der Waals surface area contributed by atoms with E-state index in [-0.39, 0.29) is 6.04 Å². The van der Waals surface area contributed by atoms with E-state index < -0.39 is 0 Å². The van der Waals surface area contributed by atoms with Gasteiger partial charge in [-0.25, -0.2) is 0 Å². The van der Waals surface area contributed by atoms with Crippen molar-refractivity contribution in [2.45, 2.75) is 6.04 Å². The van der Waals surface area contributed by atoms with E-state index in [1.165, 1.54) is 0 Å². The highest BCUT2D eigenvalue weighted by Crippen LogP contribution is 2.17. The van der Waals surface area contributed by atoms with Crippen molar-refractivity contribution < 1.29 is 9.47 Å². The molecule has 0 radical (unpaired) electrons. The minimum atomic E-state index is -0.0597. The lowest BCUT2D eigenvalue weighted by molar-refractivity contribution is 0.0586. The van der Waals surface area contributed by atoms with Crippen LogP contribution in [0.3, 0.4) is 0 Å². The zero-order chi connectivity index (χ0) is 11.8. The quantitative estimate of drug-likeness (QED) is 0.434. The van der Waals surface area contributed by atoms with E-state index in [4.69, 9.17) is 26.9 Å². The maximum atomic E-state index is 5.90. The molecule has 5 heteroatoms. The number of nitrogens with two attached hydrogens (primary N) is 1. The fourth-order valence-electron chi connectivity index (χ4n) is 1.31. The zero-order valence-corrected chi connectivity index (χ0v) is 10.0. The van der Waals surface area contributed by atoms with Crippen molar-refractivity contribution in [3.63, 3.8) is 0 Å².